The smallest absolute Gasteiger partial charge is 0.328 e. The average Bonchev–Trinajstić information content (AvgIpc) is 3.02. The van der Waals surface area contributed by atoms with E-state index in [1.165, 1.54) is 12.7 Å². The number of anilines is 1. The summed E-state index contributed by atoms with van der Waals surface area (Å²) in [6, 6.07) is 5.87. The highest BCUT2D eigenvalue weighted by molar-refractivity contribution is 5.81. The van der Waals surface area contributed by atoms with Gasteiger partial charge in [0.2, 0.25) is 0 Å². The molecule has 0 amide bonds. The fraction of sp³-hybridized carbons (Fsp3) is 0.375. The van der Waals surface area contributed by atoms with E-state index in [9.17, 15) is 4.79 Å². The molecule has 1 unspecified atom stereocenters. The zero-order valence-corrected chi connectivity index (χ0v) is 12.3. The van der Waals surface area contributed by atoms with Gasteiger partial charge in [0.1, 0.15) is 6.04 Å². The molecular weight excluding hydrogens is 266 g/mol. The van der Waals surface area contributed by atoms with Crippen LogP contribution in [0, 0.1) is 0 Å². The van der Waals surface area contributed by atoms with Crippen LogP contribution in [0.25, 0.3) is 11.3 Å². The van der Waals surface area contributed by atoms with Crippen molar-refractivity contribution in [2.24, 2.45) is 0 Å². The first kappa shape index (κ1) is 13.7. The first-order valence-corrected chi connectivity index (χ1v) is 7.18. The van der Waals surface area contributed by atoms with Crippen molar-refractivity contribution in [1.29, 1.82) is 0 Å². The number of fused-ring (bicyclic) bond motifs is 1. The van der Waals surface area contributed by atoms with Gasteiger partial charge in [-0.25, -0.2) is 9.78 Å². The minimum atomic E-state index is -0.396. The number of hydrogen-bond donors (Lipinski definition) is 1. The third-order valence-electron chi connectivity index (χ3n) is 3.98. The van der Waals surface area contributed by atoms with Gasteiger partial charge in [0.25, 0.3) is 0 Å². The van der Waals surface area contributed by atoms with Gasteiger partial charge < -0.3 is 14.6 Å². The van der Waals surface area contributed by atoms with Crippen molar-refractivity contribution in [2.75, 3.05) is 19.0 Å². The summed E-state index contributed by atoms with van der Waals surface area (Å²) in [4.78, 5) is 16.0. The van der Waals surface area contributed by atoms with E-state index < -0.39 is 6.04 Å². The minimum Gasteiger partial charge on any atom is -0.467 e. The normalized spacial score (nSPS) is 15.0. The zero-order valence-electron chi connectivity index (χ0n) is 12.3. The van der Waals surface area contributed by atoms with Crippen LogP contribution in [0.1, 0.15) is 24.9 Å². The molecule has 0 saturated heterocycles. The fourth-order valence-electron chi connectivity index (χ4n) is 2.83. The number of hydrogen-bond acceptors (Lipinski definition) is 4. The maximum atomic E-state index is 11.8. The number of para-hydroxylation sites is 1. The average molecular weight is 285 g/mol. The molecule has 1 aliphatic rings. The first-order valence-electron chi connectivity index (χ1n) is 7.18. The standard InChI is InChI=1S/C16H19N3O2/c1-11(16(20)21-2)19-10-17-9-14(19)13-7-3-5-12-6-4-8-18-15(12)13/h3,5,7,9-11,18H,4,6,8H2,1-2H3. The third-order valence-corrected chi connectivity index (χ3v) is 3.98. The summed E-state index contributed by atoms with van der Waals surface area (Å²) in [6.07, 6.45) is 5.70. The first-order chi connectivity index (χ1) is 10.2. The molecule has 1 aliphatic heterocycles. The van der Waals surface area contributed by atoms with Gasteiger partial charge in [0, 0.05) is 17.8 Å². The zero-order chi connectivity index (χ0) is 14.8. The molecular formula is C16H19N3O2. The lowest BCUT2D eigenvalue weighted by Gasteiger charge is -2.22. The molecule has 1 aromatic carbocycles. The van der Waals surface area contributed by atoms with E-state index in [0.717, 1.165) is 36.3 Å². The van der Waals surface area contributed by atoms with Gasteiger partial charge in [0.05, 0.1) is 25.3 Å². The minimum absolute atomic E-state index is 0.271. The second-order valence-corrected chi connectivity index (χ2v) is 5.26. The van der Waals surface area contributed by atoms with E-state index in [0.29, 0.717) is 0 Å². The lowest BCUT2D eigenvalue weighted by atomic mass is 9.98. The van der Waals surface area contributed by atoms with Gasteiger partial charge >= 0.3 is 5.97 Å². The molecule has 0 fully saturated rings. The van der Waals surface area contributed by atoms with Crippen LogP contribution in [-0.2, 0) is 16.0 Å². The monoisotopic (exact) mass is 285 g/mol. The Labute approximate surface area is 124 Å². The Morgan fingerprint density at radius 1 is 1.48 bits per heavy atom. The maximum absolute atomic E-state index is 11.8. The summed E-state index contributed by atoms with van der Waals surface area (Å²) in [5, 5.41) is 3.47. The summed E-state index contributed by atoms with van der Waals surface area (Å²) in [5.74, 6) is -0.271. The molecule has 0 bridgehead atoms. The van der Waals surface area contributed by atoms with Gasteiger partial charge in [-0.1, -0.05) is 18.2 Å². The number of ether oxygens (including phenoxy) is 1. The highest BCUT2D eigenvalue weighted by atomic mass is 16.5. The number of aromatic nitrogens is 2. The highest BCUT2D eigenvalue weighted by Crippen LogP contribution is 2.34. The number of nitrogens with zero attached hydrogens (tertiary/aromatic N) is 2. The summed E-state index contributed by atoms with van der Waals surface area (Å²) < 4.78 is 6.69. The van der Waals surface area contributed by atoms with Crippen LogP contribution in [0.4, 0.5) is 5.69 Å². The highest BCUT2D eigenvalue weighted by Gasteiger charge is 2.21. The van der Waals surface area contributed by atoms with E-state index in [1.807, 2.05) is 11.5 Å². The van der Waals surface area contributed by atoms with Crippen molar-refractivity contribution in [3.05, 3.63) is 36.3 Å². The molecule has 1 aromatic heterocycles. The molecule has 21 heavy (non-hydrogen) atoms. The molecule has 0 spiro atoms. The van der Waals surface area contributed by atoms with Crippen LogP contribution < -0.4 is 5.32 Å². The number of nitrogens with one attached hydrogen (secondary N) is 1. The second kappa shape index (κ2) is 5.60. The number of aryl methyl sites for hydroxylation is 1. The van der Waals surface area contributed by atoms with Crippen molar-refractivity contribution in [2.45, 2.75) is 25.8 Å². The van der Waals surface area contributed by atoms with Crippen LogP contribution >= 0.6 is 0 Å². The number of methoxy groups -OCH3 is 1. The summed E-state index contributed by atoms with van der Waals surface area (Å²) in [6.45, 7) is 2.80. The maximum Gasteiger partial charge on any atom is 0.328 e. The van der Waals surface area contributed by atoms with Crippen molar-refractivity contribution in [3.8, 4) is 11.3 Å². The molecule has 0 radical (unpaired) electrons. The van der Waals surface area contributed by atoms with Crippen LogP contribution in [0.3, 0.4) is 0 Å². The summed E-state index contributed by atoms with van der Waals surface area (Å²) in [5.41, 5.74) is 4.49. The number of esters is 1. The van der Waals surface area contributed by atoms with Gasteiger partial charge in [-0.05, 0) is 25.3 Å². The van der Waals surface area contributed by atoms with Crippen LogP contribution in [0.2, 0.25) is 0 Å². The Bertz CT molecular complexity index is 663. The van der Waals surface area contributed by atoms with Crippen molar-refractivity contribution < 1.29 is 9.53 Å². The van der Waals surface area contributed by atoms with Crippen molar-refractivity contribution in [3.63, 3.8) is 0 Å². The topological polar surface area (TPSA) is 56.2 Å². The number of carbonyl (C=O) groups excluding carboxylic acids is 1. The summed E-state index contributed by atoms with van der Waals surface area (Å²) >= 11 is 0. The molecule has 5 heteroatoms. The quantitative estimate of drug-likeness (QED) is 0.881. The van der Waals surface area contributed by atoms with Crippen LogP contribution in [-0.4, -0.2) is 29.2 Å². The number of carbonyl (C=O) groups is 1. The molecule has 1 atom stereocenters. The van der Waals surface area contributed by atoms with E-state index in [2.05, 4.69) is 28.5 Å². The number of benzene rings is 1. The van der Waals surface area contributed by atoms with E-state index in [1.54, 1.807) is 12.5 Å². The molecule has 5 nitrogen and oxygen atoms in total. The van der Waals surface area contributed by atoms with Gasteiger partial charge in [-0.2, -0.15) is 0 Å². The van der Waals surface area contributed by atoms with Crippen LogP contribution in [0.5, 0.6) is 0 Å². The summed E-state index contributed by atoms with van der Waals surface area (Å²) in [7, 11) is 1.40. The largest absolute Gasteiger partial charge is 0.467 e. The molecule has 2 heterocycles. The molecule has 1 N–H and O–H groups in total. The van der Waals surface area contributed by atoms with E-state index >= 15 is 0 Å². The Hall–Kier alpha value is -2.30. The third kappa shape index (κ3) is 2.39. The van der Waals surface area contributed by atoms with Gasteiger partial charge in [0.15, 0.2) is 0 Å². The Morgan fingerprint density at radius 2 is 2.33 bits per heavy atom. The van der Waals surface area contributed by atoms with Crippen molar-refractivity contribution in [1.82, 2.24) is 9.55 Å². The molecule has 3 rings (SSSR count). The Morgan fingerprint density at radius 3 is 3.14 bits per heavy atom. The number of rotatable bonds is 3. The second-order valence-electron chi connectivity index (χ2n) is 5.26. The Kier molecular flexibility index (Phi) is 3.64. The molecule has 0 aliphatic carbocycles. The lowest BCUT2D eigenvalue weighted by Crippen LogP contribution is -2.18. The van der Waals surface area contributed by atoms with Crippen molar-refractivity contribution >= 4 is 11.7 Å². The number of imidazole rings is 1. The van der Waals surface area contributed by atoms with Crippen LogP contribution in [0.15, 0.2) is 30.7 Å². The molecule has 110 valence electrons. The fourth-order valence-corrected chi connectivity index (χ4v) is 2.83. The predicted molar refractivity (Wildman–Crippen MR) is 81.2 cm³/mol. The van der Waals surface area contributed by atoms with E-state index in [4.69, 9.17) is 4.74 Å². The predicted octanol–water partition coefficient (Wildman–Crippen LogP) is 2.64. The van der Waals surface area contributed by atoms with E-state index in [-0.39, 0.29) is 5.97 Å². The van der Waals surface area contributed by atoms with Gasteiger partial charge in [-0.3, -0.25) is 0 Å². The lowest BCUT2D eigenvalue weighted by molar-refractivity contribution is -0.143. The van der Waals surface area contributed by atoms with Gasteiger partial charge in [-0.15, -0.1) is 0 Å². The Balaban J connectivity index is 2.06. The SMILES string of the molecule is COC(=O)C(C)n1cncc1-c1cccc2c1NCCC2. The molecule has 2 aromatic rings. The molecule has 0 saturated carbocycles.